The zero-order valence-corrected chi connectivity index (χ0v) is 13.4. The van der Waals surface area contributed by atoms with Gasteiger partial charge in [-0.2, -0.15) is 5.26 Å². The first-order chi connectivity index (χ1) is 11.7. The van der Waals surface area contributed by atoms with Crippen molar-refractivity contribution in [3.05, 3.63) is 76.9 Å². The van der Waals surface area contributed by atoms with E-state index in [1.807, 2.05) is 61.5 Å². The summed E-state index contributed by atoms with van der Waals surface area (Å²) in [5.74, 6) is 0.590. The molecule has 3 aromatic rings. The Balaban J connectivity index is 1.80. The van der Waals surface area contributed by atoms with E-state index < -0.39 is 0 Å². The summed E-state index contributed by atoms with van der Waals surface area (Å²) in [6, 6.07) is 19.9. The monoisotopic (exact) mass is 318 g/mol. The number of aromatic nitrogens is 2. The normalized spacial score (nSPS) is 10.3. The van der Waals surface area contributed by atoms with Gasteiger partial charge in [-0.1, -0.05) is 60.2 Å². The molecule has 2 N–H and O–H groups in total. The molecule has 0 bridgehead atoms. The molecule has 1 heterocycles. The largest absolute Gasteiger partial charge is 0.471 e. The third kappa shape index (κ3) is 3.39. The Kier molecular flexibility index (Phi) is 4.48. The molecule has 0 aliphatic carbocycles. The Bertz CT molecular complexity index is 861. The molecule has 0 radical (unpaired) electrons. The van der Waals surface area contributed by atoms with Crippen LogP contribution < -0.4 is 10.5 Å². The molecule has 0 aliphatic rings. The highest BCUT2D eigenvalue weighted by atomic mass is 16.5. The summed E-state index contributed by atoms with van der Waals surface area (Å²) in [7, 11) is 0. The highest BCUT2D eigenvalue weighted by Gasteiger charge is 2.17. The summed E-state index contributed by atoms with van der Waals surface area (Å²) in [6.07, 6.45) is 0. The second kappa shape index (κ2) is 6.88. The second-order valence-corrected chi connectivity index (χ2v) is 5.59. The van der Waals surface area contributed by atoms with Gasteiger partial charge in [-0.05, 0) is 18.1 Å². The Morgan fingerprint density at radius 2 is 1.79 bits per heavy atom. The Labute approximate surface area is 140 Å². The van der Waals surface area contributed by atoms with Crippen LogP contribution in [0.3, 0.4) is 0 Å². The maximum absolute atomic E-state index is 9.35. The van der Waals surface area contributed by atoms with Crippen LogP contribution in [0.15, 0.2) is 54.6 Å². The van der Waals surface area contributed by atoms with Crippen LogP contribution in [0.4, 0.5) is 5.82 Å². The summed E-state index contributed by atoms with van der Waals surface area (Å²) < 4.78 is 7.30. The van der Waals surface area contributed by atoms with E-state index in [4.69, 9.17) is 10.5 Å². The summed E-state index contributed by atoms with van der Waals surface area (Å²) in [5.41, 5.74) is 9.60. The molecule has 0 amide bonds. The first-order valence-corrected chi connectivity index (χ1v) is 7.66. The van der Waals surface area contributed by atoms with Crippen molar-refractivity contribution in [1.82, 2.24) is 9.78 Å². The van der Waals surface area contributed by atoms with Crippen molar-refractivity contribution in [3.8, 4) is 11.9 Å². The molecule has 0 saturated heterocycles. The Morgan fingerprint density at radius 3 is 2.46 bits per heavy atom. The van der Waals surface area contributed by atoms with Gasteiger partial charge in [-0.3, -0.25) is 0 Å². The quantitative estimate of drug-likeness (QED) is 0.783. The van der Waals surface area contributed by atoms with E-state index in [0.717, 1.165) is 11.1 Å². The number of nitrogen functional groups attached to an aromatic ring is 1. The summed E-state index contributed by atoms with van der Waals surface area (Å²) in [4.78, 5) is 0. The van der Waals surface area contributed by atoms with Crippen LogP contribution in [0.2, 0.25) is 0 Å². The van der Waals surface area contributed by atoms with Crippen molar-refractivity contribution in [2.45, 2.75) is 20.1 Å². The van der Waals surface area contributed by atoms with Crippen molar-refractivity contribution in [3.63, 3.8) is 0 Å². The van der Waals surface area contributed by atoms with Crippen LogP contribution in [-0.2, 0) is 13.2 Å². The SMILES string of the molecule is Cc1ccc(Cn2nc(OCc3ccccc3)c(C#N)c2N)cc1. The molecule has 2 aromatic carbocycles. The zero-order valence-electron chi connectivity index (χ0n) is 13.4. The van der Waals surface area contributed by atoms with Crippen LogP contribution >= 0.6 is 0 Å². The number of benzene rings is 2. The minimum absolute atomic E-state index is 0.269. The van der Waals surface area contributed by atoms with Crippen LogP contribution in [-0.4, -0.2) is 9.78 Å². The summed E-state index contributed by atoms with van der Waals surface area (Å²) >= 11 is 0. The highest BCUT2D eigenvalue weighted by molar-refractivity contribution is 5.55. The fourth-order valence-electron chi connectivity index (χ4n) is 2.37. The van der Waals surface area contributed by atoms with Gasteiger partial charge >= 0.3 is 0 Å². The number of nitrogens with two attached hydrogens (primary N) is 1. The van der Waals surface area contributed by atoms with Gasteiger partial charge in [0, 0.05) is 0 Å². The standard InChI is InChI=1S/C19H18N4O/c1-14-7-9-15(10-8-14)12-23-18(21)17(11-20)19(22-23)24-13-16-5-3-2-4-6-16/h2-10H,12-13,21H2,1H3. The molecule has 24 heavy (non-hydrogen) atoms. The number of aryl methyl sites for hydroxylation is 1. The number of hydrogen-bond donors (Lipinski definition) is 1. The zero-order chi connectivity index (χ0) is 16.9. The van der Waals surface area contributed by atoms with Gasteiger partial charge in [0.25, 0.3) is 5.88 Å². The van der Waals surface area contributed by atoms with E-state index in [1.54, 1.807) is 4.68 Å². The third-order valence-corrected chi connectivity index (χ3v) is 3.74. The molecule has 0 fully saturated rings. The maximum Gasteiger partial charge on any atom is 0.253 e. The highest BCUT2D eigenvalue weighted by Crippen LogP contribution is 2.24. The Hall–Kier alpha value is -3.26. The van der Waals surface area contributed by atoms with E-state index in [-0.39, 0.29) is 11.4 Å². The van der Waals surface area contributed by atoms with Crippen LogP contribution in [0.1, 0.15) is 22.3 Å². The lowest BCUT2D eigenvalue weighted by Crippen LogP contribution is -2.06. The van der Waals surface area contributed by atoms with Gasteiger partial charge in [0.05, 0.1) is 6.54 Å². The first kappa shape index (κ1) is 15.6. The minimum Gasteiger partial charge on any atom is -0.471 e. The Morgan fingerprint density at radius 1 is 1.08 bits per heavy atom. The molecule has 0 spiro atoms. The number of hydrogen-bond acceptors (Lipinski definition) is 4. The van der Waals surface area contributed by atoms with Crippen molar-refractivity contribution in [2.24, 2.45) is 0 Å². The second-order valence-electron chi connectivity index (χ2n) is 5.59. The van der Waals surface area contributed by atoms with Crippen LogP contribution in [0.25, 0.3) is 0 Å². The van der Waals surface area contributed by atoms with E-state index >= 15 is 0 Å². The average molecular weight is 318 g/mol. The smallest absolute Gasteiger partial charge is 0.253 e. The van der Waals surface area contributed by atoms with Gasteiger partial charge in [-0.15, -0.1) is 5.10 Å². The molecular formula is C19H18N4O. The van der Waals surface area contributed by atoms with Crippen LogP contribution in [0.5, 0.6) is 5.88 Å². The predicted molar refractivity (Wildman–Crippen MR) is 92.4 cm³/mol. The molecule has 0 atom stereocenters. The van der Waals surface area contributed by atoms with Crippen molar-refractivity contribution in [1.29, 1.82) is 5.26 Å². The molecule has 120 valence electrons. The molecule has 5 heteroatoms. The number of anilines is 1. The van der Waals surface area contributed by atoms with E-state index in [0.29, 0.717) is 19.0 Å². The van der Waals surface area contributed by atoms with Crippen LogP contribution in [0, 0.1) is 18.3 Å². The van der Waals surface area contributed by atoms with E-state index in [2.05, 4.69) is 11.2 Å². The number of nitrogens with zero attached hydrogens (tertiary/aromatic N) is 3. The average Bonchev–Trinajstić information content (AvgIpc) is 2.91. The summed E-state index contributed by atoms with van der Waals surface area (Å²) in [5, 5.41) is 13.7. The molecule has 3 rings (SSSR count). The van der Waals surface area contributed by atoms with Gasteiger partial charge in [0.15, 0.2) is 5.56 Å². The molecular weight excluding hydrogens is 300 g/mol. The van der Waals surface area contributed by atoms with E-state index in [9.17, 15) is 5.26 Å². The molecule has 0 saturated carbocycles. The lowest BCUT2D eigenvalue weighted by atomic mass is 10.1. The lowest BCUT2D eigenvalue weighted by molar-refractivity contribution is 0.289. The van der Waals surface area contributed by atoms with Gasteiger partial charge in [-0.25, -0.2) is 4.68 Å². The number of nitriles is 1. The van der Waals surface area contributed by atoms with Gasteiger partial charge in [0.2, 0.25) is 0 Å². The first-order valence-electron chi connectivity index (χ1n) is 7.66. The van der Waals surface area contributed by atoms with Gasteiger partial charge < -0.3 is 10.5 Å². The minimum atomic E-state index is 0.269. The fourth-order valence-corrected chi connectivity index (χ4v) is 2.37. The predicted octanol–water partition coefficient (Wildman–Crippen LogP) is 3.27. The molecule has 0 unspecified atom stereocenters. The maximum atomic E-state index is 9.35. The van der Waals surface area contributed by atoms with Crippen molar-refractivity contribution < 1.29 is 4.74 Å². The lowest BCUT2D eigenvalue weighted by Gasteiger charge is -2.04. The van der Waals surface area contributed by atoms with Crippen molar-refractivity contribution >= 4 is 5.82 Å². The number of rotatable bonds is 5. The molecule has 1 aromatic heterocycles. The van der Waals surface area contributed by atoms with Crippen molar-refractivity contribution in [2.75, 3.05) is 5.73 Å². The third-order valence-electron chi connectivity index (χ3n) is 3.74. The molecule has 0 aliphatic heterocycles. The summed E-state index contributed by atoms with van der Waals surface area (Å²) in [6.45, 7) is 2.88. The fraction of sp³-hybridized carbons (Fsp3) is 0.158. The molecule has 5 nitrogen and oxygen atoms in total. The number of ether oxygens (including phenoxy) is 1. The van der Waals surface area contributed by atoms with Gasteiger partial charge in [0.1, 0.15) is 18.5 Å². The van der Waals surface area contributed by atoms with E-state index in [1.165, 1.54) is 5.56 Å². The topological polar surface area (TPSA) is 76.9 Å².